The molecule has 137 heavy (non-hydrogen) atoms. The molecule has 3 aliphatic heterocycles. The molecule has 42 nitrogen and oxygen atoms in total. The van der Waals surface area contributed by atoms with Crippen LogP contribution in [0, 0.1) is 23.2 Å². The molecule has 0 bridgehead atoms. The number of hydrogen-bond acceptors (Lipinski definition) is 23. The van der Waals surface area contributed by atoms with Crippen LogP contribution in [0.5, 0.6) is 5.75 Å². The van der Waals surface area contributed by atoms with Crippen molar-refractivity contribution in [1.29, 1.82) is 5.41 Å². The Morgan fingerprint density at radius 2 is 1.17 bits per heavy atom. The summed E-state index contributed by atoms with van der Waals surface area (Å²) in [5.74, 6) is -19.8. The number of thioether (sulfide) groups is 1. The van der Waals surface area contributed by atoms with Crippen LogP contribution >= 0.6 is 11.8 Å². The number of ketones is 2. The number of hydrogen-bond donors (Lipinski definition) is 19. The van der Waals surface area contributed by atoms with Crippen LogP contribution in [0.25, 0.3) is 21.8 Å². The van der Waals surface area contributed by atoms with E-state index in [2.05, 4.69) is 67.8 Å². The Hall–Kier alpha value is -13.3. The first kappa shape index (κ1) is 107. The van der Waals surface area contributed by atoms with Gasteiger partial charge in [0, 0.05) is 137 Å². The van der Waals surface area contributed by atoms with Crippen molar-refractivity contribution in [2.24, 2.45) is 35.0 Å². The number of phenolic OH excluding ortho intramolecular Hbond substituents is 1. The summed E-state index contributed by atoms with van der Waals surface area (Å²) in [6.07, 6.45) is 1.32. The zero-order valence-corrected chi connectivity index (χ0v) is 79.7. The smallest absolute Gasteiger partial charge is 0.246 e. The highest BCUT2D eigenvalue weighted by molar-refractivity contribution is 8.00. The molecule has 6 heterocycles. The van der Waals surface area contributed by atoms with Gasteiger partial charge in [-0.3, -0.25) is 86.9 Å². The summed E-state index contributed by atoms with van der Waals surface area (Å²) in [5, 5.41) is 66.6. The number of H-pyrrole nitrogens is 3. The molecule has 3 aliphatic rings. The van der Waals surface area contributed by atoms with Crippen molar-refractivity contribution in [2.45, 2.75) is 248 Å². The van der Waals surface area contributed by atoms with Crippen LogP contribution in [0.3, 0.4) is 0 Å². The topological polar surface area (TPSA) is 638 Å². The molecule has 0 radical (unpaired) electrons. The number of nitrogens with zero attached hydrogens (tertiary/aromatic N) is 6. The minimum atomic E-state index is -1.78. The number of likely N-dealkylation sites (N-methyl/N-ethyl adjacent to an activating group) is 3. The van der Waals surface area contributed by atoms with Crippen molar-refractivity contribution in [1.82, 2.24) is 92.3 Å². The predicted octanol–water partition coefficient (Wildman–Crippen LogP) is -0.359. The lowest BCUT2D eigenvalue weighted by atomic mass is 9.87. The first-order valence-electron chi connectivity index (χ1n) is 46.5. The molecule has 744 valence electrons. The minimum Gasteiger partial charge on any atom is -0.508 e. The summed E-state index contributed by atoms with van der Waals surface area (Å²) in [6, 6.07) is 1.61. The number of primary amides is 2. The second-order valence-corrected chi connectivity index (χ2v) is 37.1. The molecule has 22 N–H and O–H groups in total. The van der Waals surface area contributed by atoms with E-state index in [-0.39, 0.29) is 102 Å². The van der Waals surface area contributed by atoms with Gasteiger partial charge in [-0.05, 0) is 119 Å². The molecule has 3 saturated heterocycles. The molecule has 43 heteroatoms. The van der Waals surface area contributed by atoms with Gasteiger partial charge in [0.15, 0.2) is 17.5 Å². The Balaban J connectivity index is 1.11. The third-order valence-corrected chi connectivity index (χ3v) is 26.2. The normalized spacial score (nSPS) is 24.9. The van der Waals surface area contributed by atoms with Gasteiger partial charge in [0.25, 0.3) is 0 Å². The van der Waals surface area contributed by atoms with Crippen LogP contribution < -0.4 is 65.1 Å². The Bertz CT molecular complexity index is 5280. The number of carbonyl (C=O) groups is 17. The van der Waals surface area contributed by atoms with E-state index in [4.69, 9.17) is 22.6 Å². The van der Waals surface area contributed by atoms with Crippen LogP contribution in [-0.4, -0.2) is 309 Å². The number of aliphatic hydroxyl groups is 2. The second kappa shape index (κ2) is 51.0. The number of unbranched alkanes of at least 4 members (excludes halogenated alkanes) is 2. The third-order valence-electron chi connectivity index (χ3n) is 25.2. The minimum absolute atomic E-state index is 0.00717. The standard InChI is InChI=1S/C94H132N22O20S/c1-10-12-25-72-87(130)106-66(24-18-32-100-94(97)98)85(128)110-71(84(127)103-46-79(96)123)48-137-49-80(124)105-69(35-54-28-30-60(118)31-29-54)90(133)112(7)52(5)82(125)108-70(42-78(95)122)91(134)115-33-19-27-73(115)88(131)107-67(40-59-45-99-50-104-59)86(129)109-68(34-51(3)4)92(135)116-47-61(119)41-75(116)76(120)38-55(36-57-43-101-64-22-16-14-20-62(57)64)83(126)111-81(53(6)117)77(121)39-56(37-58-44-102-65-23-17-15-21-63(58)65)89(132)114(9)74(26-13-11-2)93(136)113(72)8/h14-17,20-23,28-31,43-45,50-53,55-56,61,66-75,81,101-102,117-119H,10-13,18-19,24-27,32-42,46-49H2,1-9H3,(H2,95,122)(H2,96,123)(H,99,104)(H,103,127)(H,105,124)(H,106,130)(H,107,131)(H,108,125)(H,109,129)(H,110,128)(H,111,126)(H4,97,98,100)/t52-,53?,55+,56+,61+,66-,67-,68-,69-,70-,71-,72-,73-,74-,75-,81-/m0/s1. The van der Waals surface area contributed by atoms with Gasteiger partial charge in [-0.25, -0.2) is 4.98 Å². The van der Waals surface area contributed by atoms with Crippen molar-refractivity contribution < 1.29 is 96.8 Å². The lowest BCUT2D eigenvalue weighted by Gasteiger charge is -2.36. The number of phenols is 1. The van der Waals surface area contributed by atoms with Crippen LogP contribution in [-0.2, 0) is 107 Å². The predicted molar refractivity (Wildman–Crippen MR) is 507 cm³/mol. The lowest BCUT2D eigenvalue weighted by Crippen LogP contribution is -2.60. The van der Waals surface area contributed by atoms with E-state index in [0.717, 1.165) is 26.5 Å². The van der Waals surface area contributed by atoms with E-state index < -0.39 is 247 Å². The first-order chi connectivity index (χ1) is 65.2. The van der Waals surface area contributed by atoms with Crippen molar-refractivity contribution in [3.05, 3.63) is 120 Å². The maximum absolute atomic E-state index is 15.9. The highest BCUT2D eigenvalue weighted by atomic mass is 32.2. The number of amides is 15. The van der Waals surface area contributed by atoms with E-state index in [1.54, 1.807) is 62.6 Å². The number of aromatic amines is 3. The molecule has 0 saturated carbocycles. The molecule has 6 aromatic rings. The van der Waals surface area contributed by atoms with Gasteiger partial charge in [-0.1, -0.05) is 102 Å². The van der Waals surface area contributed by atoms with Gasteiger partial charge >= 0.3 is 0 Å². The number of guanidine groups is 1. The number of rotatable bonds is 26. The molecular formula is C94H132N22O20S. The molecule has 9 rings (SSSR count). The fourth-order valence-corrected chi connectivity index (χ4v) is 18.4. The van der Waals surface area contributed by atoms with Gasteiger partial charge < -0.3 is 120 Å². The van der Waals surface area contributed by atoms with Crippen LogP contribution in [0.2, 0.25) is 0 Å². The molecule has 0 spiro atoms. The zero-order chi connectivity index (χ0) is 100. The van der Waals surface area contributed by atoms with Gasteiger partial charge in [-0.15, -0.1) is 11.8 Å². The fourth-order valence-electron chi connectivity index (χ4n) is 17.6. The van der Waals surface area contributed by atoms with Crippen molar-refractivity contribution in [3.63, 3.8) is 0 Å². The van der Waals surface area contributed by atoms with Crippen molar-refractivity contribution in [3.8, 4) is 5.75 Å². The number of nitrogens with two attached hydrogens (primary N) is 3. The summed E-state index contributed by atoms with van der Waals surface area (Å²) in [7, 11) is 3.98. The van der Waals surface area contributed by atoms with E-state index in [0.29, 0.717) is 69.9 Å². The van der Waals surface area contributed by atoms with Gasteiger partial charge in [0.05, 0.1) is 43.3 Å². The average Bonchev–Trinajstić information content (AvgIpc) is 1.60. The molecule has 3 aromatic carbocycles. The Kier molecular flexibility index (Phi) is 40.0. The quantitative estimate of drug-likeness (QED) is 0.0187. The number of benzene rings is 3. The molecule has 0 aliphatic carbocycles. The fraction of sp³-hybridized carbons (Fsp3) is 0.543. The van der Waals surface area contributed by atoms with Gasteiger partial charge in [0.2, 0.25) is 88.6 Å². The Morgan fingerprint density at radius 1 is 0.577 bits per heavy atom. The van der Waals surface area contributed by atoms with Crippen molar-refractivity contribution in [2.75, 3.05) is 58.8 Å². The summed E-state index contributed by atoms with van der Waals surface area (Å²) in [4.78, 5) is 271. The number of imidazole rings is 1. The summed E-state index contributed by atoms with van der Waals surface area (Å²) >= 11 is 0.766. The molecule has 15 amide bonds. The molecular weight excluding hydrogens is 1790 g/mol. The van der Waals surface area contributed by atoms with E-state index in [1.165, 1.54) is 81.6 Å². The number of fused-ring (bicyclic) bond motifs is 4. The molecule has 3 aromatic heterocycles. The summed E-state index contributed by atoms with van der Waals surface area (Å²) < 4.78 is 0. The molecule has 16 atom stereocenters. The summed E-state index contributed by atoms with van der Waals surface area (Å²) in [6.45, 7) is 8.50. The lowest BCUT2D eigenvalue weighted by molar-refractivity contribution is -0.150. The van der Waals surface area contributed by atoms with Crippen molar-refractivity contribution >= 4 is 140 Å². The number of nitrogens with one attached hydrogen (secondary N) is 13. The molecule has 3 fully saturated rings. The maximum Gasteiger partial charge on any atom is 0.246 e. The third kappa shape index (κ3) is 30.1. The number of aliphatic hydroxyl groups excluding tert-OH is 2. The van der Waals surface area contributed by atoms with E-state index in [1.807, 2.05) is 26.0 Å². The number of carbonyl (C=O) groups excluding carboxylic acids is 17. The summed E-state index contributed by atoms with van der Waals surface area (Å²) in [5.41, 5.74) is 20.0. The first-order valence-corrected chi connectivity index (χ1v) is 47.6. The Morgan fingerprint density at radius 3 is 1.77 bits per heavy atom. The SMILES string of the molecule is CCCC[C@H]1C(=O)N(C)[C@@H](CCCC)C(=O)N[C@@H](CCCNC(=N)N)C(=O)N[C@H](C(=O)NCC(N)=O)CSCC(=O)N[C@@H](Cc2ccc(O)cc2)C(=O)N(C)[C@@H](C)C(=O)N[C@@H](CC(N)=O)C(=O)N2CCC[C@H]2C(=O)N[C@@H](Cc2cnc[nH]2)C(=O)N[C@@H](CC(C)C)C(=O)N2C[C@H](O)C[C@H]2C(=O)C[C@@H](Cc2c[nH]c3ccccc23)C(=O)N[C@@H](C(C)O)C(=O)C[C@@H](Cc2c[nH]c3ccccc23)C(=O)N1C. The van der Waals surface area contributed by atoms with Crippen LogP contribution in [0.1, 0.15) is 160 Å². The number of aromatic hydroxyl groups is 1. The van der Waals surface area contributed by atoms with E-state index >= 15 is 38.4 Å². The maximum atomic E-state index is 15.9. The zero-order valence-electron chi connectivity index (χ0n) is 78.8. The van der Waals surface area contributed by atoms with E-state index in [9.17, 15) is 58.5 Å². The average molecular weight is 1920 g/mol. The number of Topliss-reactive ketones (excluding diaryl/α,β-unsaturated/α-hetero) is 2. The number of aromatic nitrogens is 4. The Labute approximate surface area is 798 Å². The van der Waals surface area contributed by atoms with Crippen LogP contribution in [0.15, 0.2) is 97.7 Å². The van der Waals surface area contributed by atoms with Gasteiger partial charge in [0.1, 0.15) is 72.2 Å². The number of para-hydroxylation sites is 2. The second-order valence-electron chi connectivity index (χ2n) is 36.1. The largest absolute Gasteiger partial charge is 0.508 e. The highest BCUT2D eigenvalue weighted by Gasteiger charge is 2.47. The monoisotopic (exact) mass is 1920 g/mol. The van der Waals surface area contributed by atoms with Crippen LogP contribution in [0.4, 0.5) is 0 Å². The van der Waals surface area contributed by atoms with Gasteiger partial charge in [-0.2, -0.15) is 0 Å². The molecule has 1 unspecified atom stereocenters. The highest BCUT2D eigenvalue weighted by Crippen LogP contribution is 2.32.